The van der Waals surface area contributed by atoms with Crippen LogP contribution in [-0.4, -0.2) is 119 Å². The molecular formula is C41H41F7N8O5. The molecule has 7 heterocycles. The molecule has 0 saturated carbocycles. The van der Waals surface area contributed by atoms with Crippen molar-refractivity contribution in [1.29, 1.82) is 5.26 Å². The van der Waals surface area contributed by atoms with Crippen LogP contribution in [0.15, 0.2) is 30.5 Å². The number of amides is 2. The van der Waals surface area contributed by atoms with Crippen LogP contribution in [0.25, 0.3) is 32.9 Å². The second kappa shape index (κ2) is 16.0. The Morgan fingerprint density at radius 1 is 1.15 bits per heavy atom. The summed E-state index contributed by atoms with van der Waals surface area (Å²) >= 11 is 0. The van der Waals surface area contributed by atoms with Gasteiger partial charge in [0.25, 0.3) is 0 Å². The highest BCUT2D eigenvalue weighted by molar-refractivity contribution is 6.02. The van der Waals surface area contributed by atoms with Crippen LogP contribution < -0.4 is 19.7 Å². The van der Waals surface area contributed by atoms with Gasteiger partial charge in [-0.2, -0.15) is 28.4 Å². The third-order valence-corrected chi connectivity index (χ3v) is 12.0. The molecule has 4 aromatic rings. The fourth-order valence-corrected chi connectivity index (χ4v) is 9.29. The molecule has 5 atom stereocenters. The predicted octanol–water partition coefficient (Wildman–Crippen LogP) is 7.33. The second-order valence-electron chi connectivity index (χ2n) is 16.5. The number of nitriles is 1. The fourth-order valence-electron chi connectivity index (χ4n) is 9.29. The van der Waals surface area contributed by atoms with Gasteiger partial charge in [0.05, 0.1) is 42.1 Å². The number of fused-ring (bicyclic) bond motifs is 7. The molecule has 1 unspecified atom stereocenters. The maximum absolute atomic E-state index is 17.5. The van der Waals surface area contributed by atoms with Crippen molar-refractivity contribution in [3.05, 3.63) is 47.7 Å². The number of pyridine rings is 1. The van der Waals surface area contributed by atoms with E-state index in [1.165, 1.54) is 29.3 Å². The molecule has 2 aromatic carbocycles. The first-order valence-corrected chi connectivity index (χ1v) is 19.8. The van der Waals surface area contributed by atoms with E-state index in [1.807, 2.05) is 4.90 Å². The third kappa shape index (κ3) is 8.11. The van der Waals surface area contributed by atoms with Crippen molar-refractivity contribution >= 4 is 39.7 Å². The van der Waals surface area contributed by atoms with Gasteiger partial charge >= 0.3 is 24.4 Å². The van der Waals surface area contributed by atoms with Gasteiger partial charge in [0.1, 0.15) is 53.6 Å². The van der Waals surface area contributed by atoms with E-state index in [-0.39, 0.29) is 114 Å². The van der Waals surface area contributed by atoms with Crippen LogP contribution in [-0.2, 0) is 11.2 Å². The standard InChI is InChI=1S/C41H41F7N8O5/c1-39-15-23(42)18-55(20-39)35-28-17-50-33(32(45)34(28)51-36(52-35)60-21-40-9-4-11-56(40)19-24(43)16-40)27-14-25(61-38(58)54(2)30(8-10-49)41(46,47)48)13-22-6-7-29(44)26(31(22)27)5-3-12-59-37(57)53-39/h6-7,13-14,17,23-24,30H,3-5,8-9,11-12,15-16,18-21H2,1-2H3,(H,53,57)/t23-,24-,30?,39-,40+/m1/s1. The lowest BCUT2D eigenvalue weighted by Gasteiger charge is -2.42. The van der Waals surface area contributed by atoms with Crippen molar-refractivity contribution in [2.45, 2.75) is 87.5 Å². The normalized spacial score (nSPS) is 24.9. The molecule has 2 amide bonds. The summed E-state index contributed by atoms with van der Waals surface area (Å²) in [4.78, 5) is 43.6. The molecule has 5 aliphatic rings. The molecule has 324 valence electrons. The van der Waals surface area contributed by atoms with Crippen LogP contribution in [0.4, 0.5) is 46.1 Å². The quantitative estimate of drug-likeness (QED) is 0.195. The van der Waals surface area contributed by atoms with Gasteiger partial charge < -0.3 is 24.4 Å². The summed E-state index contributed by atoms with van der Waals surface area (Å²) in [5.74, 6) is -2.14. The van der Waals surface area contributed by atoms with Gasteiger partial charge in [-0.1, -0.05) is 6.07 Å². The largest absolute Gasteiger partial charge is 0.461 e. The Kier molecular flexibility index (Phi) is 11.0. The van der Waals surface area contributed by atoms with E-state index in [2.05, 4.69) is 20.3 Å². The van der Waals surface area contributed by atoms with Crippen LogP contribution in [0.5, 0.6) is 11.8 Å². The second-order valence-corrected chi connectivity index (χ2v) is 16.5. The molecule has 0 radical (unpaired) electrons. The van der Waals surface area contributed by atoms with E-state index in [0.29, 0.717) is 13.0 Å². The maximum atomic E-state index is 17.5. The minimum absolute atomic E-state index is 0.0119. The highest BCUT2D eigenvalue weighted by Crippen LogP contribution is 2.43. The number of aryl methyl sites for hydroxylation is 1. The maximum Gasteiger partial charge on any atom is 0.415 e. The van der Waals surface area contributed by atoms with E-state index in [1.54, 1.807) is 6.92 Å². The summed E-state index contributed by atoms with van der Waals surface area (Å²) < 4.78 is 122. The zero-order chi connectivity index (χ0) is 43.4. The molecule has 1 N–H and O–H groups in total. The number of ether oxygens (including phenoxy) is 3. The van der Waals surface area contributed by atoms with Crippen LogP contribution >= 0.6 is 0 Å². The molecule has 5 aliphatic heterocycles. The van der Waals surface area contributed by atoms with Crippen molar-refractivity contribution in [2.24, 2.45) is 0 Å². The number of nitrogens with zero attached hydrogens (tertiary/aromatic N) is 7. The van der Waals surface area contributed by atoms with Crippen LogP contribution in [0.2, 0.25) is 0 Å². The van der Waals surface area contributed by atoms with Gasteiger partial charge in [-0.05, 0) is 73.7 Å². The van der Waals surface area contributed by atoms with Gasteiger partial charge in [-0.15, -0.1) is 0 Å². The SMILES string of the molecule is CN(C(=O)Oc1cc2c3c(c(F)ccc3c1)CCCOC(=O)N[C@]1(C)C[C@@H](F)CN(C1)c1nc(OC[C@@]34CCCN3C[C@H](F)C4)nc3c(F)c-2ncc13)C(CC#N)C(F)(F)F. The first-order chi connectivity index (χ1) is 29.0. The third-order valence-electron chi connectivity index (χ3n) is 12.0. The summed E-state index contributed by atoms with van der Waals surface area (Å²) in [6, 6.07) is 3.40. The highest BCUT2D eigenvalue weighted by Gasteiger charge is 2.50. The molecule has 20 heteroatoms. The summed E-state index contributed by atoms with van der Waals surface area (Å²) in [6.07, 6.45) is -8.15. The van der Waals surface area contributed by atoms with E-state index >= 15 is 13.2 Å². The number of anilines is 1. The van der Waals surface area contributed by atoms with E-state index in [9.17, 15) is 27.2 Å². The molecule has 9 rings (SSSR count). The molecule has 61 heavy (non-hydrogen) atoms. The molecule has 13 nitrogen and oxygen atoms in total. The van der Waals surface area contributed by atoms with Crippen LogP contribution in [0, 0.1) is 23.0 Å². The number of hydrogen-bond donors (Lipinski definition) is 1. The zero-order valence-electron chi connectivity index (χ0n) is 33.1. The minimum Gasteiger partial charge on any atom is -0.461 e. The number of aromatic nitrogens is 3. The number of alkyl halides is 5. The van der Waals surface area contributed by atoms with Crippen LogP contribution in [0.1, 0.15) is 51.0 Å². The van der Waals surface area contributed by atoms with E-state index in [0.717, 1.165) is 25.6 Å². The Bertz CT molecular complexity index is 2440. The first-order valence-electron chi connectivity index (χ1n) is 19.8. The van der Waals surface area contributed by atoms with Crippen molar-refractivity contribution < 1.29 is 54.5 Å². The number of carbonyl (C=O) groups is 2. The van der Waals surface area contributed by atoms with Crippen molar-refractivity contribution in [3.63, 3.8) is 0 Å². The van der Waals surface area contributed by atoms with Crippen molar-refractivity contribution in [2.75, 3.05) is 51.3 Å². The average molecular weight is 859 g/mol. The van der Waals surface area contributed by atoms with Crippen molar-refractivity contribution in [1.82, 2.24) is 30.1 Å². The predicted molar refractivity (Wildman–Crippen MR) is 206 cm³/mol. The lowest BCUT2D eigenvalue weighted by Crippen LogP contribution is -2.60. The minimum atomic E-state index is -4.98. The smallest absolute Gasteiger partial charge is 0.415 e. The highest BCUT2D eigenvalue weighted by atomic mass is 19.4. The van der Waals surface area contributed by atoms with E-state index in [4.69, 9.17) is 19.5 Å². The Labute approximate surface area is 344 Å². The van der Waals surface area contributed by atoms with Gasteiger partial charge in [-0.3, -0.25) is 14.8 Å². The molecule has 3 fully saturated rings. The van der Waals surface area contributed by atoms with Gasteiger partial charge in [0.15, 0.2) is 5.82 Å². The molecule has 3 saturated heterocycles. The Hall–Kier alpha value is -5.71. The number of halogens is 7. The molecule has 6 bridgehead atoms. The van der Waals surface area contributed by atoms with Gasteiger partial charge in [-0.25, -0.2) is 27.2 Å². The monoisotopic (exact) mass is 858 g/mol. The summed E-state index contributed by atoms with van der Waals surface area (Å²) in [5, 5.41) is 12.1. The Balaban J connectivity index is 1.30. The summed E-state index contributed by atoms with van der Waals surface area (Å²) in [6.45, 7) is 2.06. The molecule has 2 aromatic heterocycles. The van der Waals surface area contributed by atoms with Gasteiger partial charge in [0.2, 0.25) is 0 Å². The zero-order valence-corrected chi connectivity index (χ0v) is 33.1. The summed E-state index contributed by atoms with van der Waals surface area (Å²) in [5.41, 5.74) is -2.73. The van der Waals surface area contributed by atoms with Gasteiger partial charge in [0, 0.05) is 44.7 Å². The summed E-state index contributed by atoms with van der Waals surface area (Å²) in [7, 11) is 0.816. The molecule has 0 aliphatic carbocycles. The number of piperidine rings is 1. The van der Waals surface area contributed by atoms with Crippen LogP contribution in [0.3, 0.4) is 0 Å². The first kappa shape index (κ1) is 42.0. The number of alkyl carbamates (subject to hydrolysis) is 1. The number of hydrogen-bond acceptors (Lipinski definition) is 11. The number of nitrogens with one attached hydrogen (secondary N) is 1. The van der Waals surface area contributed by atoms with E-state index < -0.39 is 71.6 Å². The lowest BCUT2D eigenvalue weighted by molar-refractivity contribution is -0.173. The molecule has 0 spiro atoms. The lowest BCUT2D eigenvalue weighted by atomic mass is 9.90. The number of rotatable bonds is 6. The fraction of sp³-hybridized carbons (Fsp3) is 0.512. The average Bonchev–Trinajstić information content (AvgIpc) is 3.72. The number of benzene rings is 2. The Morgan fingerprint density at radius 2 is 1.93 bits per heavy atom. The van der Waals surface area contributed by atoms with Crippen molar-refractivity contribution in [3.8, 4) is 29.1 Å². The topological polar surface area (TPSA) is 146 Å². The molecular weight excluding hydrogens is 817 g/mol. The number of carbonyl (C=O) groups excluding carboxylic acids is 2. The Morgan fingerprint density at radius 3 is 2.70 bits per heavy atom.